The number of nitrogens with zero attached hydrogens (tertiary/aromatic N) is 1. The second-order valence-corrected chi connectivity index (χ2v) is 12.0. The standard InChI is InChI=1S/C24H32IN2O2Si/c1-23(2,3)24(17-29-30(5)6)26-21(19-10-8-7-9-11-19)22(25)27(24)16-18-12-14-20(28-4)15-13-18/h7-15,26H,16-17H2,1-6H3. The van der Waals surface area contributed by atoms with Crippen LogP contribution in [0.4, 0.5) is 0 Å². The van der Waals surface area contributed by atoms with Crippen molar-refractivity contribution >= 4 is 37.3 Å². The Hall–Kier alpha value is -1.51. The van der Waals surface area contributed by atoms with E-state index in [0.717, 1.165) is 12.3 Å². The maximum Gasteiger partial charge on any atom is 0.205 e. The van der Waals surface area contributed by atoms with E-state index >= 15 is 0 Å². The molecule has 0 aromatic heterocycles. The first-order valence-electron chi connectivity index (χ1n) is 10.2. The number of rotatable bonds is 7. The largest absolute Gasteiger partial charge is 0.497 e. The quantitative estimate of drug-likeness (QED) is 0.273. The van der Waals surface area contributed by atoms with Gasteiger partial charge in [-0.1, -0.05) is 63.2 Å². The zero-order valence-corrected chi connectivity index (χ0v) is 21.9. The van der Waals surface area contributed by atoms with Gasteiger partial charge >= 0.3 is 0 Å². The summed E-state index contributed by atoms with van der Waals surface area (Å²) in [6.07, 6.45) is 0. The van der Waals surface area contributed by atoms with Crippen LogP contribution in [-0.2, 0) is 11.0 Å². The number of hydrogen-bond acceptors (Lipinski definition) is 4. The maximum absolute atomic E-state index is 6.34. The molecule has 1 atom stereocenters. The molecule has 4 nitrogen and oxygen atoms in total. The molecule has 1 N–H and O–H groups in total. The Balaban J connectivity index is 2.06. The average molecular weight is 536 g/mol. The number of nitrogens with one attached hydrogen (secondary N) is 1. The third-order valence-electron chi connectivity index (χ3n) is 5.61. The van der Waals surface area contributed by atoms with E-state index in [9.17, 15) is 0 Å². The fraction of sp³-hybridized carbons (Fsp3) is 0.417. The maximum atomic E-state index is 6.34. The molecule has 0 amide bonds. The van der Waals surface area contributed by atoms with Crippen molar-refractivity contribution in [3.63, 3.8) is 0 Å². The van der Waals surface area contributed by atoms with E-state index in [4.69, 9.17) is 9.16 Å². The molecular weight excluding hydrogens is 503 g/mol. The van der Waals surface area contributed by atoms with Crippen LogP contribution in [0, 0.1) is 5.41 Å². The van der Waals surface area contributed by atoms with Gasteiger partial charge in [-0.15, -0.1) is 0 Å². The van der Waals surface area contributed by atoms with Crippen molar-refractivity contribution in [1.29, 1.82) is 0 Å². The molecule has 1 aliphatic heterocycles. The smallest absolute Gasteiger partial charge is 0.205 e. The summed E-state index contributed by atoms with van der Waals surface area (Å²) in [6, 6.07) is 18.9. The van der Waals surface area contributed by atoms with Gasteiger partial charge in [0.1, 0.15) is 15.1 Å². The zero-order valence-electron chi connectivity index (χ0n) is 18.8. The lowest BCUT2D eigenvalue weighted by atomic mass is 9.79. The summed E-state index contributed by atoms with van der Waals surface area (Å²) in [5.74, 6) is 0.878. The number of methoxy groups -OCH3 is 1. The molecule has 1 heterocycles. The van der Waals surface area contributed by atoms with Crippen LogP contribution in [0.3, 0.4) is 0 Å². The Labute approximate surface area is 196 Å². The highest BCUT2D eigenvalue weighted by Gasteiger charge is 2.52. The molecule has 0 saturated heterocycles. The topological polar surface area (TPSA) is 33.7 Å². The van der Waals surface area contributed by atoms with Crippen LogP contribution < -0.4 is 10.1 Å². The minimum absolute atomic E-state index is 0.0657. The zero-order chi connectivity index (χ0) is 21.9. The van der Waals surface area contributed by atoms with Crippen LogP contribution in [0.5, 0.6) is 5.75 Å². The van der Waals surface area contributed by atoms with Gasteiger partial charge in [0, 0.05) is 17.5 Å². The Bertz CT molecular complexity index is 878. The molecule has 1 unspecified atom stereocenters. The van der Waals surface area contributed by atoms with E-state index in [2.05, 4.69) is 109 Å². The third kappa shape index (κ3) is 4.70. The fourth-order valence-corrected chi connectivity index (χ4v) is 5.24. The van der Waals surface area contributed by atoms with Gasteiger partial charge in [0.25, 0.3) is 0 Å². The molecule has 2 aromatic carbocycles. The molecule has 0 saturated carbocycles. The van der Waals surface area contributed by atoms with Crippen molar-refractivity contribution in [3.05, 3.63) is 69.4 Å². The van der Waals surface area contributed by atoms with Gasteiger partial charge in [0.15, 0.2) is 0 Å². The van der Waals surface area contributed by atoms with Crippen molar-refractivity contribution in [1.82, 2.24) is 10.2 Å². The van der Waals surface area contributed by atoms with Crippen LogP contribution in [0.2, 0.25) is 13.1 Å². The monoisotopic (exact) mass is 535 g/mol. The first-order chi connectivity index (χ1) is 14.2. The SMILES string of the molecule is COc1ccc(CN2C(I)=C(c3ccccc3)NC2(CO[Si](C)C)C(C)(C)C)cc1. The molecule has 1 aliphatic rings. The summed E-state index contributed by atoms with van der Waals surface area (Å²) in [6.45, 7) is 12.7. The van der Waals surface area contributed by atoms with E-state index in [-0.39, 0.29) is 11.1 Å². The predicted molar refractivity (Wildman–Crippen MR) is 135 cm³/mol. The minimum Gasteiger partial charge on any atom is -0.497 e. The number of ether oxygens (including phenoxy) is 1. The highest BCUT2D eigenvalue weighted by Crippen LogP contribution is 2.47. The molecule has 6 heteroatoms. The van der Waals surface area contributed by atoms with Gasteiger partial charge < -0.3 is 19.4 Å². The molecule has 0 aliphatic carbocycles. The first kappa shape index (κ1) is 23.2. The van der Waals surface area contributed by atoms with Crippen LogP contribution in [-0.4, -0.2) is 33.3 Å². The first-order valence-corrected chi connectivity index (χ1v) is 13.7. The van der Waals surface area contributed by atoms with Crippen molar-refractivity contribution in [2.75, 3.05) is 13.7 Å². The Morgan fingerprint density at radius 1 is 1.03 bits per heavy atom. The molecular formula is C24H32IN2O2Si. The third-order valence-corrected chi connectivity index (χ3v) is 7.45. The highest BCUT2D eigenvalue weighted by molar-refractivity contribution is 14.1. The summed E-state index contributed by atoms with van der Waals surface area (Å²) in [7, 11) is 0.877. The lowest BCUT2D eigenvalue weighted by molar-refractivity contribution is -0.0226. The van der Waals surface area contributed by atoms with Crippen LogP contribution in [0.15, 0.2) is 58.3 Å². The molecule has 161 valence electrons. The molecule has 1 radical (unpaired) electrons. The van der Waals surface area contributed by atoms with Gasteiger partial charge in [-0.2, -0.15) is 0 Å². The molecule has 0 bridgehead atoms. The number of benzene rings is 2. The average Bonchev–Trinajstić information content (AvgIpc) is 3.00. The number of hydrogen-bond donors (Lipinski definition) is 1. The lowest BCUT2D eigenvalue weighted by Crippen LogP contribution is -2.64. The van der Waals surface area contributed by atoms with Crippen molar-refractivity contribution in [2.45, 2.75) is 46.1 Å². The summed E-state index contributed by atoms with van der Waals surface area (Å²) in [4.78, 5) is 2.49. The minimum atomic E-state index is -0.826. The van der Waals surface area contributed by atoms with E-state index in [1.165, 1.54) is 20.5 Å². The highest BCUT2D eigenvalue weighted by atomic mass is 127. The Kier molecular flexibility index (Phi) is 7.19. The van der Waals surface area contributed by atoms with Crippen LogP contribution >= 0.6 is 22.6 Å². The van der Waals surface area contributed by atoms with E-state index in [0.29, 0.717) is 6.61 Å². The summed E-state index contributed by atoms with van der Waals surface area (Å²) in [5, 5.41) is 3.92. The van der Waals surface area contributed by atoms with Gasteiger partial charge in [-0.05, 0) is 53.4 Å². The van der Waals surface area contributed by atoms with Gasteiger partial charge in [0.2, 0.25) is 9.04 Å². The van der Waals surface area contributed by atoms with Gasteiger partial charge in [0.05, 0.1) is 19.4 Å². The lowest BCUT2D eigenvalue weighted by Gasteiger charge is -2.49. The Morgan fingerprint density at radius 3 is 2.20 bits per heavy atom. The van der Waals surface area contributed by atoms with Gasteiger partial charge in [-0.3, -0.25) is 0 Å². The van der Waals surface area contributed by atoms with Crippen molar-refractivity contribution < 1.29 is 9.16 Å². The molecule has 0 spiro atoms. The van der Waals surface area contributed by atoms with E-state index in [1.807, 2.05) is 12.1 Å². The second kappa shape index (κ2) is 9.32. The molecule has 2 aromatic rings. The number of halogens is 1. The van der Waals surface area contributed by atoms with Crippen LogP contribution in [0.25, 0.3) is 5.70 Å². The fourth-order valence-electron chi connectivity index (χ4n) is 3.71. The second-order valence-electron chi connectivity index (χ2n) is 8.90. The van der Waals surface area contributed by atoms with Crippen LogP contribution in [0.1, 0.15) is 31.9 Å². The van der Waals surface area contributed by atoms with Crippen molar-refractivity contribution in [2.24, 2.45) is 5.41 Å². The molecule has 0 fully saturated rings. The predicted octanol–water partition coefficient (Wildman–Crippen LogP) is 5.87. The molecule has 3 rings (SSSR count). The van der Waals surface area contributed by atoms with E-state index < -0.39 is 9.04 Å². The van der Waals surface area contributed by atoms with E-state index in [1.54, 1.807) is 7.11 Å². The summed E-state index contributed by atoms with van der Waals surface area (Å²) in [5.41, 5.74) is 3.20. The van der Waals surface area contributed by atoms with Gasteiger partial charge in [-0.25, -0.2) is 0 Å². The van der Waals surface area contributed by atoms with Crippen molar-refractivity contribution in [3.8, 4) is 5.75 Å². The Morgan fingerprint density at radius 2 is 1.67 bits per heavy atom. The summed E-state index contributed by atoms with van der Waals surface area (Å²) < 4.78 is 12.9. The molecule has 30 heavy (non-hydrogen) atoms. The normalized spacial score (nSPS) is 19.4. The summed E-state index contributed by atoms with van der Waals surface area (Å²) >= 11 is 2.49.